The Labute approximate surface area is 119 Å². The van der Waals surface area contributed by atoms with Crippen molar-refractivity contribution in [2.75, 3.05) is 6.61 Å². The molecule has 2 rings (SSSR count). The summed E-state index contributed by atoms with van der Waals surface area (Å²) in [5, 5.41) is 0. The van der Waals surface area contributed by atoms with Crippen molar-refractivity contribution in [2.45, 2.75) is 20.8 Å². The van der Waals surface area contributed by atoms with Crippen LogP contribution in [0.4, 0.5) is 0 Å². The van der Waals surface area contributed by atoms with Crippen molar-refractivity contribution >= 4 is 21.9 Å². The maximum atomic E-state index is 11.7. The fourth-order valence-electron chi connectivity index (χ4n) is 1.77. The van der Waals surface area contributed by atoms with Gasteiger partial charge in [0.2, 0.25) is 11.7 Å². The van der Waals surface area contributed by atoms with Crippen LogP contribution in [-0.2, 0) is 4.74 Å². The molecular weight excluding hydrogens is 310 g/mol. The molecule has 100 valence electrons. The number of nitrogens with zero attached hydrogens (tertiary/aromatic N) is 1. The highest BCUT2D eigenvalue weighted by Crippen LogP contribution is 2.26. The lowest BCUT2D eigenvalue weighted by atomic mass is 10.1. The van der Waals surface area contributed by atoms with E-state index in [0.29, 0.717) is 18.2 Å². The van der Waals surface area contributed by atoms with Gasteiger partial charge in [-0.15, -0.1) is 0 Å². The third-order valence-electron chi connectivity index (χ3n) is 2.55. The first-order chi connectivity index (χ1) is 9.01. The topological polar surface area (TPSA) is 52.3 Å². The van der Waals surface area contributed by atoms with Crippen molar-refractivity contribution in [1.29, 1.82) is 0 Å². The van der Waals surface area contributed by atoms with E-state index in [9.17, 15) is 4.79 Å². The van der Waals surface area contributed by atoms with Gasteiger partial charge in [-0.1, -0.05) is 15.9 Å². The van der Waals surface area contributed by atoms with Crippen molar-refractivity contribution in [2.24, 2.45) is 0 Å². The normalized spacial score (nSPS) is 10.5. The van der Waals surface area contributed by atoms with E-state index in [1.807, 2.05) is 25.1 Å². The minimum atomic E-state index is -0.481. The fourth-order valence-corrected chi connectivity index (χ4v) is 2.37. The molecule has 5 heteroatoms. The van der Waals surface area contributed by atoms with Crippen LogP contribution in [0.3, 0.4) is 0 Å². The lowest BCUT2D eigenvalue weighted by Gasteiger charge is -2.00. The van der Waals surface area contributed by atoms with Crippen LogP contribution in [0.5, 0.6) is 0 Å². The van der Waals surface area contributed by atoms with Crippen LogP contribution in [0.15, 0.2) is 27.1 Å². The van der Waals surface area contributed by atoms with Gasteiger partial charge in [0.1, 0.15) is 0 Å². The summed E-state index contributed by atoms with van der Waals surface area (Å²) in [5.41, 5.74) is 2.44. The van der Waals surface area contributed by atoms with Crippen LogP contribution in [0, 0.1) is 13.8 Å². The highest BCUT2D eigenvalue weighted by atomic mass is 79.9. The zero-order valence-corrected chi connectivity index (χ0v) is 12.6. The minimum absolute atomic E-state index is 0.162. The summed E-state index contributed by atoms with van der Waals surface area (Å²) in [6.07, 6.45) is 0. The van der Waals surface area contributed by atoms with Gasteiger partial charge in [0.15, 0.2) is 0 Å². The average molecular weight is 324 g/mol. The fraction of sp³-hybridized carbons (Fsp3) is 0.286. The van der Waals surface area contributed by atoms with Gasteiger partial charge in [-0.3, -0.25) is 0 Å². The number of hydrogen-bond donors (Lipinski definition) is 0. The Morgan fingerprint density at radius 1 is 1.37 bits per heavy atom. The minimum Gasteiger partial charge on any atom is -0.460 e. The molecule has 0 saturated carbocycles. The molecule has 0 unspecified atom stereocenters. The molecule has 0 saturated heterocycles. The molecule has 0 radical (unpaired) electrons. The van der Waals surface area contributed by atoms with Crippen LogP contribution in [0.1, 0.15) is 28.7 Å². The van der Waals surface area contributed by atoms with E-state index in [1.54, 1.807) is 13.8 Å². The molecule has 0 amide bonds. The zero-order chi connectivity index (χ0) is 14.0. The molecular formula is C14H14BrNO3. The van der Waals surface area contributed by atoms with Gasteiger partial charge >= 0.3 is 5.97 Å². The van der Waals surface area contributed by atoms with Crippen molar-refractivity contribution < 1.29 is 13.9 Å². The number of hydrogen-bond acceptors (Lipinski definition) is 4. The number of carbonyl (C=O) groups excluding carboxylic acids is 1. The lowest BCUT2D eigenvalue weighted by Crippen LogP contribution is -2.04. The molecule has 19 heavy (non-hydrogen) atoms. The van der Waals surface area contributed by atoms with E-state index in [0.717, 1.165) is 15.6 Å². The van der Waals surface area contributed by atoms with Crippen LogP contribution in [0.25, 0.3) is 11.5 Å². The highest BCUT2D eigenvalue weighted by molar-refractivity contribution is 9.10. The number of halogens is 1. The summed E-state index contributed by atoms with van der Waals surface area (Å²) >= 11 is 3.43. The van der Waals surface area contributed by atoms with Crippen LogP contribution in [0.2, 0.25) is 0 Å². The van der Waals surface area contributed by atoms with Gasteiger partial charge in [-0.2, -0.15) is 0 Å². The quantitative estimate of drug-likeness (QED) is 0.804. The Bertz CT molecular complexity index is 599. The average Bonchev–Trinajstić information content (AvgIpc) is 2.70. The second kappa shape index (κ2) is 5.57. The third kappa shape index (κ3) is 3.04. The number of benzene rings is 1. The Morgan fingerprint density at radius 2 is 2.11 bits per heavy atom. The van der Waals surface area contributed by atoms with E-state index in [1.165, 1.54) is 0 Å². The molecule has 4 nitrogen and oxygen atoms in total. The van der Waals surface area contributed by atoms with Crippen molar-refractivity contribution in [1.82, 2.24) is 4.98 Å². The second-order valence-corrected chi connectivity index (χ2v) is 5.09. The van der Waals surface area contributed by atoms with Gasteiger partial charge in [-0.25, -0.2) is 9.78 Å². The van der Waals surface area contributed by atoms with E-state index in [2.05, 4.69) is 20.9 Å². The first-order valence-corrected chi connectivity index (χ1v) is 6.72. The molecule has 1 heterocycles. The number of esters is 1. The SMILES string of the molecule is CCOC(=O)c1oc(-c2cc(C)cc(Br)c2)nc1C. The molecule has 0 bridgehead atoms. The summed E-state index contributed by atoms with van der Waals surface area (Å²) in [7, 11) is 0. The monoisotopic (exact) mass is 323 g/mol. The van der Waals surface area contributed by atoms with E-state index < -0.39 is 5.97 Å². The van der Waals surface area contributed by atoms with Crippen molar-refractivity contribution in [3.8, 4) is 11.5 Å². The Hall–Kier alpha value is -1.62. The summed E-state index contributed by atoms with van der Waals surface area (Å²) in [6, 6.07) is 5.84. The van der Waals surface area contributed by atoms with Gasteiger partial charge in [0, 0.05) is 10.0 Å². The molecule has 0 fully saturated rings. The first kappa shape index (κ1) is 13.8. The standard InChI is InChI=1S/C14H14BrNO3/c1-4-18-14(17)12-9(3)16-13(19-12)10-5-8(2)6-11(15)7-10/h5-7H,4H2,1-3H3. The number of oxazole rings is 1. The van der Waals surface area contributed by atoms with Crippen molar-refractivity contribution in [3.05, 3.63) is 39.7 Å². The zero-order valence-electron chi connectivity index (χ0n) is 11.0. The first-order valence-electron chi connectivity index (χ1n) is 5.93. The van der Waals surface area contributed by atoms with Gasteiger partial charge < -0.3 is 9.15 Å². The Morgan fingerprint density at radius 3 is 2.74 bits per heavy atom. The molecule has 1 aromatic heterocycles. The number of ether oxygens (including phenoxy) is 1. The largest absolute Gasteiger partial charge is 0.460 e. The van der Waals surface area contributed by atoms with E-state index >= 15 is 0 Å². The highest BCUT2D eigenvalue weighted by Gasteiger charge is 2.19. The van der Waals surface area contributed by atoms with Crippen LogP contribution >= 0.6 is 15.9 Å². The van der Waals surface area contributed by atoms with Gasteiger partial charge in [0.05, 0.1) is 12.3 Å². The van der Waals surface area contributed by atoms with Crippen molar-refractivity contribution in [3.63, 3.8) is 0 Å². The maximum absolute atomic E-state index is 11.7. The van der Waals surface area contributed by atoms with Gasteiger partial charge in [-0.05, 0) is 44.5 Å². The van der Waals surface area contributed by atoms with E-state index in [4.69, 9.17) is 9.15 Å². The molecule has 1 aromatic carbocycles. The summed E-state index contributed by atoms with van der Waals surface area (Å²) in [4.78, 5) is 16.0. The Kier molecular flexibility index (Phi) is 4.04. The number of rotatable bonds is 3. The number of aromatic nitrogens is 1. The number of aryl methyl sites for hydroxylation is 2. The summed E-state index contributed by atoms with van der Waals surface area (Å²) in [6.45, 7) is 5.77. The molecule has 0 aliphatic carbocycles. The molecule has 0 N–H and O–H groups in total. The molecule has 0 aliphatic heterocycles. The van der Waals surface area contributed by atoms with Gasteiger partial charge in [0.25, 0.3) is 0 Å². The van der Waals surface area contributed by atoms with Crippen LogP contribution < -0.4 is 0 Å². The predicted octanol–water partition coefficient (Wildman–Crippen LogP) is 3.90. The van der Waals surface area contributed by atoms with Crippen LogP contribution in [-0.4, -0.2) is 17.6 Å². The lowest BCUT2D eigenvalue weighted by molar-refractivity contribution is 0.0490. The predicted molar refractivity (Wildman–Crippen MR) is 75.1 cm³/mol. The maximum Gasteiger partial charge on any atom is 0.376 e. The van der Waals surface area contributed by atoms with E-state index in [-0.39, 0.29) is 5.76 Å². The molecule has 0 spiro atoms. The third-order valence-corrected chi connectivity index (χ3v) is 3.00. The summed E-state index contributed by atoms with van der Waals surface area (Å²) < 4.78 is 11.4. The summed E-state index contributed by atoms with van der Waals surface area (Å²) in [5.74, 6) is 0.102. The Balaban J connectivity index is 2.41. The smallest absolute Gasteiger partial charge is 0.376 e. The second-order valence-electron chi connectivity index (χ2n) is 4.17. The molecule has 0 aliphatic rings. The molecule has 0 atom stereocenters. The number of carbonyl (C=O) groups is 1. The molecule has 2 aromatic rings.